The normalized spacial score (nSPS) is 22.1. The lowest BCUT2D eigenvalue weighted by Gasteiger charge is -2.31. The van der Waals surface area contributed by atoms with Crippen LogP contribution in [0.1, 0.15) is 32.8 Å². The zero-order valence-electron chi connectivity index (χ0n) is 17.7. The molecule has 2 aliphatic heterocycles. The van der Waals surface area contributed by atoms with Gasteiger partial charge in [-0.15, -0.1) is 0 Å². The van der Waals surface area contributed by atoms with Crippen molar-refractivity contribution in [1.82, 2.24) is 4.90 Å². The van der Waals surface area contributed by atoms with Gasteiger partial charge >= 0.3 is 0 Å². The SMILES string of the molecule is CCOc1ccc(/C=C2\C(=O)N([C@@H]3CCS(=O)(=O)C3)C(=O)C(C#N)=C2C)cc1OCC. The molecule has 164 valence electrons. The number of rotatable bonds is 6. The van der Waals surface area contributed by atoms with Gasteiger partial charge in [0, 0.05) is 5.57 Å². The van der Waals surface area contributed by atoms with Gasteiger partial charge in [-0.2, -0.15) is 5.26 Å². The van der Waals surface area contributed by atoms with Crippen LogP contribution in [0.25, 0.3) is 6.08 Å². The van der Waals surface area contributed by atoms with Crippen LogP contribution in [-0.4, -0.2) is 55.9 Å². The summed E-state index contributed by atoms with van der Waals surface area (Å²) in [5.74, 6) is -0.637. The van der Waals surface area contributed by atoms with Crippen LogP contribution in [0.2, 0.25) is 0 Å². The molecule has 0 aromatic heterocycles. The first kappa shape index (κ1) is 22.6. The minimum atomic E-state index is -3.32. The van der Waals surface area contributed by atoms with Crippen LogP contribution in [0.3, 0.4) is 0 Å². The summed E-state index contributed by atoms with van der Waals surface area (Å²) in [5.41, 5.74) is 0.903. The van der Waals surface area contributed by atoms with Crippen LogP contribution < -0.4 is 9.47 Å². The molecule has 0 bridgehead atoms. The number of ether oxygens (including phenoxy) is 2. The van der Waals surface area contributed by atoms with E-state index in [4.69, 9.17) is 9.47 Å². The number of nitriles is 1. The number of carbonyl (C=O) groups excluding carboxylic acids is 2. The molecule has 0 unspecified atom stereocenters. The molecule has 31 heavy (non-hydrogen) atoms. The van der Waals surface area contributed by atoms with Gasteiger partial charge in [-0.05, 0) is 56.5 Å². The largest absolute Gasteiger partial charge is 0.490 e. The Balaban J connectivity index is 2.06. The summed E-state index contributed by atoms with van der Waals surface area (Å²) in [7, 11) is -3.32. The molecule has 0 N–H and O–H groups in total. The van der Waals surface area contributed by atoms with E-state index < -0.39 is 27.7 Å². The van der Waals surface area contributed by atoms with Crippen LogP contribution in [0.4, 0.5) is 0 Å². The molecule has 3 rings (SSSR count). The smallest absolute Gasteiger partial charge is 0.271 e. The van der Waals surface area contributed by atoms with Crippen LogP contribution in [0, 0.1) is 11.3 Å². The molecule has 0 aliphatic carbocycles. The highest BCUT2D eigenvalue weighted by molar-refractivity contribution is 7.91. The van der Waals surface area contributed by atoms with Crippen LogP contribution in [0.15, 0.2) is 34.9 Å². The van der Waals surface area contributed by atoms with Crippen molar-refractivity contribution in [3.05, 3.63) is 40.5 Å². The fraction of sp³-hybridized carbons (Fsp3) is 0.409. The lowest BCUT2D eigenvalue weighted by molar-refractivity contribution is -0.142. The number of hydrogen-bond acceptors (Lipinski definition) is 7. The van der Waals surface area contributed by atoms with E-state index in [1.165, 1.54) is 0 Å². The van der Waals surface area contributed by atoms with Crippen molar-refractivity contribution in [2.24, 2.45) is 0 Å². The third-order valence-electron chi connectivity index (χ3n) is 5.22. The second kappa shape index (κ2) is 8.94. The van der Waals surface area contributed by atoms with Crippen LogP contribution in [0.5, 0.6) is 11.5 Å². The van der Waals surface area contributed by atoms with E-state index in [0.717, 1.165) is 4.90 Å². The first-order chi connectivity index (χ1) is 14.7. The maximum atomic E-state index is 13.2. The van der Waals surface area contributed by atoms with Crippen molar-refractivity contribution in [1.29, 1.82) is 5.26 Å². The van der Waals surface area contributed by atoms with E-state index in [0.29, 0.717) is 30.3 Å². The van der Waals surface area contributed by atoms with Gasteiger partial charge in [-0.3, -0.25) is 14.5 Å². The second-order valence-electron chi connectivity index (χ2n) is 7.28. The first-order valence-electron chi connectivity index (χ1n) is 10.0. The molecule has 8 nitrogen and oxygen atoms in total. The molecule has 2 heterocycles. The number of sulfone groups is 1. The van der Waals surface area contributed by atoms with Gasteiger partial charge in [0.15, 0.2) is 21.3 Å². The highest BCUT2D eigenvalue weighted by Gasteiger charge is 2.43. The van der Waals surface area contributed by atoms with Gasteiger partial charge in [0.2, 0.25) is 0 Å². The minimum absolute atomic E-state index is 0.0883. The maximum absolute atomic E-state index is 13.2. The predicted octanol–water partition coefficient (Wildman–Crippen LogP) is 2.26. The van der Waals surface area contributed by atoms with E-state index in [9.17, 15) is 23.3 Å². The predicted molar refractivity (Wildman–Crippen MR) is 114 cm³/mol. The molecule has 1 atom stereocenters. The number of carbonyl (C=O) groups is 2. The van der Waals surface area contributed by atoms with Gasteiger partial charge in [-0.25, -0.2) is 8.42 Å². The van der Waals surface area contributed by atoms with Crippen molar-refractivity contribution in [3.8, 4) is 17.6 Å². The highest BCUT2D eigenvalue weighted by atomic mass is 32.2. The Hall–Kier alpha value is -3.12. The van der Waals surface area contributed by atoms with Gasteiger partial charge in [-0.1, -0.05) is 6.07 Å². The Morgan fingerprint density at radius 1 is 1.16 bits per heavy atom. The van der Waals surface area contributed by atoms with Crippen molar-refractivity contribution in [2.45, 2.75) is 33.2 Å². The standard InChI is InChI=1S/C22H24N2O6S/c1-4-29-19-7-6-15(11-20(19)30-5-2)10-17-14(3)18(12-23)22(26)24(21(17)25)16-8-9-31(27,28)13-16/h6-7,10-11,16H,4-5,8-9,13H2,1-3H3/b17-10-/t16-/m1/s1. The molecule has 0 saturated carbocycles. The molecule has 0 spiro atoms. The average molecular weight is 445 g/mol. The zero-order valence-corrected chi connectivity index (χ0v) is 18.5. The van der Waals surface area contributed by atoms with Crippen molar-refractivity contribution >= 4 is 27.7 Å². The number of amides is 2. The third kappa shape index (κ3) is 4.49. The Kier molecular flexibility index (Phi) is 6.51. The summed E-state index contributed by atoms with van der Waals surface area (Å²) in [4.78, 5) is 27.0. The van der Waals surface area contributed by atoms with Crippen molar-refractivity contribution in [2.75, 3.05) is 24.7 Å². The fourth-order valence-electron chi connectivity index (χ4n) is 3.73. The maximum Gasteiger partial charge on any atom is 0.271 e. The Morgan fingerprint density at radius 3 is 2.42 bits per heavy atom. The summed E-state index contributed by atoms with van der Waals surface area (Å²) < 4.78 is 35.0. The van der Waals surface area contributed by atoms with E-state index in [1.54, 1.807) is 31.2 Å². The Morgan fingerprint density at radius 2 is 1.84 bits per heavy atom. The third-order valence-corrected chi connectivity index (χ3v) is 6.98. The first-order valence-corrected chi connectivity index (χ1v) is 11.9. The molecule has 0 radical (unpaired) electrons. The average Bonchev–Trinajstić information content (AvgIpc) is 3.07. The van der Waals surface area contributed by atoms with E-state index in [2.05, 4.69) is 0 Å². The molecule has 1 fully saturated rings. The lowest BCUT2D eigenvalue weighted by atomic mass is 9.92. The summed E-state index contributed by atoms with van der Waals surface area (Å²) >= 11 is 0. The Bertz CT molecular complexity index is 1130. The summed E-state index contributed by atoms with van der Waals surface area (Å²) in [6.07, 6.45) is 1.75. The molecule has 1 aromatic carbocycles. The van der Waals surface area contributed by atoms with Crippen molar-refractivity contribution < 1.29 is 27.5 Å². The number of nitrogens with zero attached hydrogens (tertiary/aromatic N) is 2. The molecular formula is C22H24N2O6S. The molecule has 1 aromatic rings. The minimum Gasteiger partial charge on any atom is -0.490 e. The second-order valence-corrected chi connectivity index (χ2v) is 9.51. The molecule has 2 aliphatic rings. The van der Waals surface area contributed by atoms with E-state index in [-0.39, 0.29) is 34.6 Å². The highest BCUT2D eigenvalue weighted by Crippen LogP contribution is 2.33. The van der Waals surface area contributed by atoms with Crippen molar-refractivity contribution in [3.63, 3.8) is 0 Å². The van der Waals surface area contributed by atoms with Gasteiger partial charge in [0.05, 0.1) is 30.8 Å². The lowest BCUT2D eigenvalue weighted by Crippen LogP contribution is -2.49. The van der Waals surface area contributed by atoms with Crippen LogP contribution >= 0.6 is 0 Å². The van der Waals surface area contributed by atoms with Gasteiger partial charge in [0.25, 0.3) is 11.8 Å². The van der Waals surface area contributed by atoms with E-state index >= 15 is 0 Å². The molecule has 2 amide bonds. The number of benzene rings is 1. The summed E-state index contributed by atoms with van der Waals surface area (Å²) in [6.45, 7) is 6.14. The molecule has 1 saturated heterocycles. The Labute approximate surface area is 181 Å². The number of imide groups is 1. The molecule has 9 heteroatoms. The van der Waals surface area contributed by atoms with Crippen LogP contribution in [-0.2, 0) is 19.4 Å². The summed E-state index contributed by atoms with van der Waals surface area (Å²) in [5, 5.41) is 9.53. The topological polar surface area (TPSA) is 114 Å². The molecular weight excluding hydrogens is 420 g/mol. The quantitative estimate of drug-likeness (QED) is 0.488. The van der Waals surface area contributed by atoms with Gasteiger partial charge in [0.1, 0.15) is 11.6 Å². The monoisotopic (exact) mass is 444 g/mol. The zero-order chi connectivity index (χ0) is 22.8. The fourth-order valence-corrected chi connectivity index (χ4v) is 5.43. The number of hydrogen-bond donors (Lipinski definition) is 0. The van der Waals surface area contributed by atoms with E-state index in [1.807, 2.05) is 19.9 Å². The van der Waals surface area contributed by atoms with Gasteiger partial charge < -0.3 is 9.47 Å². The summed E-state index contributed by atoms with van der Waals surface area (Å²) in [6, 6.07) is 6.29.